The van der Waals surface area contributed by atoms with Crippen LogP contribution in [0.2, 0.25) is 6.32 Å². The van der Waals surface area contributed by atoms with Crippen LogP contribution in [-0.4, -0.2) is 31.7 Å². The van der Waals surface area contributed by atoms with Crippen LogP contribution in [0.25, 0.3) is 0 Å². The van der Waals surface area contributed by atoms with Crippen LogP contribution in [0.15, 0.2) is 48.5 Å². The second-order valence-electron chi connectivity index (χ2n) is 8.42. The molecular weight excluding hydrogens is 353 g/mol. The lowest BCUT2D eigenvalue weighted by Crippen LogP contribution is -2.41. The van der Waals surface area contributed by atoms with Gasteiger partial charge >= 0.3 is 7.12 Å². The summed E-state index contributed by atoms with van der Waals surface area (Å²) in [6, 6.07) is 16.6. The van der Waals surface area contributed by atoms with Gasteiger partial charge in [0.1, 0.15) is 0 Å². The maximum Gasteiger partial charge on any atom is 0.459 e. The van der Waals surface area contributed by atoms with E-state index in [9.17, 15) is 0 Å². The number of nitrogens with zero attached hydrogens (tertiary/aromatic N) is 1. The summed E-state index contributed by atoms with van der Waals surface area (Å²) in [7, 11) is -0.211. The molecule has 0 aliphatic carbocycles. The number of hydrogen-bond acceptors (Lipinski definition) is 5. The fourth-order valence-electron chi connectivity index (χ4n) is 3.53. The zero-order chi connectivity index (χ0) is 19.8. The van der Waals surface area contributed by atoms with E-state index in [0.717, 1.165) is 36.6 Å². The predicted octanol–water partition coefficient (Wildman–Crippen LogP) is 4.51. The van der Waals surface area contributed by atoms with Gasteiger partial charge in [-0.3, -0.25) is 0 Å². The van der Waals surface area contributed by atoms with E-state index < -0.39 is 0 Å². The van der Waals surface area contributed by atoms with Crippen LogP contribution in [0.1, 0.15) is 33.3 Å². The van der Waals surface area contributed by atoms with Crippen molar-refractivity contribution in [2.45, 2.75) is 51.8 Å². The third kappa shape index (κ3) is 3.84. The van der Waals surface area contributed by atoms with Gasteiger partial charge in [-0.1, -0.05) is 30.3 Å². The summed E-state index contributed by atoms with van der Waals surface area (Å²) in [6.45, 7) is 10.3. The minimum Gasteiger partial charge on any atom is -0.454 e. The Balaban J connectivity index is 1.50. The van der Waals surface area contributed by atoms with Gasteiger partial charge in [-0.25, -0.2) is 0 Å². The minimum atomic E-state index is -0.305. The second kappa shape index (κ2) is 7.34. The van der Waals surface area contributed by atoms with E-state index in [1.54, 1.807) is 0 Å². The molecule has 2 aromatic carbocycles. The molecule has 2 aromatic rings. The van der Waals surface area contributed by atoms with Crippen molar-refractivity contribution in [1.82, 2.24) is 0 Å². The first-order valence-corrected chi connectivity index (χ1v) is 9.88. The van der Waals surface area contributed by atoms with Crippen molar-refractivity contribution in [3.8, 4) is 11.5 Å². The molecule has 5 nitrogen and oxygen atoms in total. The number of anilines is 1. The molecule has 2 heterocycles. The van der Waals surface area contributed by atoms with Gasteiger partial charge in [-0.15, -0.1) is 0 Å². The maximum atomic E-state index is 6.18. The summed E-state index contributed by atoms with van der Waals surface area (Å²) < 4.78 is 23.4. The van der Waals surface area contributed by atoms with Crippen LogP contribution in [-0.2, 0) is 15.9 Å². The van der Waals surface area contributed by atoms with Crippen molar-refractivity contribution in [3.63, 3.8) is 0 Å². The first kappa shape index (κ1) is 19.2. The Bertz CT molecular complexity index is 809. The highest BCUT2D eigenvalue weighted by molar-refractivity contribution is 6.45. The summed E-state index contributed by atoms with van der Waals surface area (Å²) in [5.41, 5.74) is 1.75. The molecule has 0 unspecified atom stereocenters. The van der Waals surface area contributed by atoms with Crippen molar-refractivity contribution in [1.29, 1.82) is 0 Å². The predicted molar refractivity (Wildman–Crippen MR) is 111 cm³/mol. The number of rotatable bonds is 6. The molecule has 148 valence electrons. The van der Waals surface area contributed by atoms with Crippen molar-refractivity contribution in [2.75, 3.05) is 18.2 Å². The third-order valence-electron chi connectivity index (χ3n) is 5.87. The molecule has 2 aliphatic heterocycles. The molecule has 0 aromatic heterocycles. The highest BCUT2D eigenvalue weighted by atomic mass is 16.7. The Kier molecular flexibility index (Phi) is 5.02. The van der Waals surface area contributed by atoms with Crippen LogP contribution in [0.3, 0.4) is 0 Å². The van der Waals surface area contributed by atoms with E-state index in [2.05, 4.69) is 69.0 Å². The minimum absolute atomic E-state index is 0.211. The average molecular weight is 381 g/mol. The van der Waals surface area contributed by atoms with Gasteiger partial charge in [0.05, 0.1) is 11.2 Å². The van der Waals surface area contributed by atoms with Crippen LogP contribution in [0.5, 0.6) is 11.5 Å². The Labute approximate surface area is 167 Å². The highest BCUT2D eigenvalue weighted by Crippen LogP contribution is 2.39. The maximum absolute atomic E-state index is 6.18. The lowest BCUT2D eigenvalue weighted by molar-refractivity contribution is 0.00578. The Hall–Kier alpha value is -2.18. The monoisotopic (exact) mass is 381 g/mol. The molecule has 6 heteroatoms. The summed E-state index contributed by atoms with van der Waals surface area (Å²) in [5.74, 6) is 1.60. The SMILES string of the molecule is CC1(C)OB(CCN(Cc2ccccc2)c2ccc3c(c2)OCO3)OC1(C)C. The van der Waals surface area contributed by atoms with Crippen molar-refractivity contribution >= 4 is 12.8 Å². The van der Waals surface area contributed by atoms with Gasteiger partial charge in [0.15, 0.2) is 11.5 Å². The Morgan fingerprint density at radius 2 is 1.57 bits per heavy atom. The molecule has 0 amide bonds. The van der Waals surface area contributed by atoms with Gasteiger partial charge in [0, 0.05) is 24.8 Å². The normalized spacial score (nSPS) is 19.1. The van der Waals surface area contributed by atoms with E-state index in [1.165, 1.54) is 5.56 Å². The molecule has 2 aliphatic rings. The summed E-state index contributed by atoms with van der Waals surface area (Å²) in [4.78, 5) is 2.34. The summed E-state index contributed by atoms with van der Waals surface area (Å²) in [6.07, 6.45) is 0.786. The zero-order valence-electron chi connectivity index (χ0n) is 17.1. The largest absolute Gasteiger partial charge is 0.459 e. The van der Waals surface area contributed by atoms with Crippen LogP contribution in [0, 0.1) is 0 Å². The number of hydrogen-bond donors (Lipinski definition) is 0. The molecule has 0 radical (unpaired) electrons. The second-order valence-corrected chi connectivity index (χ2v) is 8.42. The third-order valence-corrected chi connectivity index (χ3v) is 5.87. The molecule has 4 rings (SSSR count). The Morgan fingerprint density at radius 1 is 0.893 bits per heavy atom. The summed E-state index contributed by atoms with van der Waals surface area (Å²) >= 11 is 0. The average Bonchev–Trinajstić information content (AvgIpc) is 3.20. The van der Waals surface area contributed by atoms with Crippen LogP contribution in [0.4, 0.5) is 5.69 Å². The van der Waals surface area contributed by atoms with E-state index in [0.29, 0.717) is 0 Å². The van der Waals surface area contributed by atoms with E-state index >= 15 is 0 Å². The first-order chi connectivity index (χ1) is 13.3. The highest BCUT2D eigenvalue weighted by Gasteiger charge is 2.50. The lowest BCUT2D eigenvalue weighted by atomic mass is 9.84. The standard InChI is InChI=1S/C22H28BNO4/c1-21(2)22(3,4)28-23(27-21)12-13-24(15-17-8-6-5-7-9-17)18-10-11-19-20(14-18)26-16-25-19/h5-11,14H,12-13,15-16H2,1-4H3. The number of benzene rings is 2. The topological polar surface area (TPSA) is 40.2 Å². The number of ether oxygens (including phenoxy) is 2. The van der Waals surface area contributed by atoms with Crippen LogP contribution >= 0.6 is 0 Å². The fourth-order valence-corrected chi connectivity index (χ4v) is 3.53. The van der Waals surface area contributed by atoms with Gasteiger partial charge in [-0.05, 0) is 51.7 Å². The van der Waals surface area contributed by atoms with E-state index in [4.69, 9.17) is 18.8 Å². The molecule has 1 saturated heterocycles. The van der Waals surface area contributed by atoms with Gasteiger partial charge < -0.3 is 23.7 Å². The van der Waals surface area contributed by atoms with Gasteiger partial charge in [0.25, 0.3) is 0 Å². The van der Waals surface area contributed by atoms with E-state index in [1.807, 2.05) is 12.1 Å². The van der Waals surface area contributed by atoms with Crippen molar-refractivity contribution < 1.29 is 18.8 Å². The molecule has 0 bridgehead atoms. The van der Waals surface area contributed by atoms with Crippen molar-refractivity contribution in [3.05, 3.63) is 54.1 Å². The first-order valence-electron chi connectivity index (χ1n) is 9.88. The smallest absolute Gasteiger partial charge is 0.454 e. The van der Waals surface area contributed by atoms with E-state index in [-0.39, 0.29) is 25.1 Å². The van der Waals surface area contributed by atoms with Crippen LogP contribution < -0.4 is 14.4 Å². The molecule has 28 heavy (non-hydrogen) atoms. The van der Waals surface area contributed by atoms with Crippen molar-refractivity contribution in [2.24, 2.45) is 0 Å². The van der Waals surface area contributed by atoms with Gasteiger partial charge in [-0.2, -0.15) is 0 Å². The molecule has 0 saturated carbocycles. The lowest BCUT2D eigenvalue weighted by Gasteiger charge is -2.32. The molecule has 1 fully saturated rings. The zero-order valence-corrected chi connectivity index (χ0v) is 17.1. The molecule has 0 atom stereocenters. The number of fused-ring (bicyclic) bond motifs is 1. The molecule has 0 N–H and O–H groups in total. The van der Waals surface area contributed by atoms with Gasteiger partial charge in [0.2, 0.25) is 6.79 Å². The quantitative estimate of drug-likeness (QED) is 0.689. The summed E-state index contributed by atoms with van der Waals surface area (Å²) in [5, 5.41) is 0. The molecular formula is C22H28BNO4. The fraction of sp³-hybridized carbons (Fsp3) is 0.455. The Morgan fingerprint density at radius 3 is 2.29 bits per heavy atom. The molecule has 0 spiro atoms.